The van der Waals surface area contributed by atoms with E-state index in [9.17, 15) is 9.18 Å². The van der Waals surface area contributed by atoms with E-state index >= 15 is 0 Å². The minimum absolute atomic E-state index is 0.244. The molecule has 1 atom stereocenters. The first kappa shape index (κ1) is 19.1. The molecule has 140 valence electrons. The van der Waals surface area contributed by atoms with Crippen molar-refractivity contribution in [2.75, 3.05) is 0 Å². The first-order valence-corrected chi connectivity index (χ1v) is 9.23. The minimum atomic E-state index is -0.708. The maximum atomic E-state index is 13.1. The summed E-state index contributed by atoms with van der Waals surface area (Å²) >= 11 is 3.23. The van der Waals surface area contributed by atoms with Crippen LogP contribution in [0.25, 0.3) is 0 Å². The van der Waals surface area contributed by atoms with Crippen molar-refractivity contribution in [2.45, 2.75) is 26.1 Å². The Bertz CT molecular complexity index is 915. The fourth-order valence-corrected chi connectivity index (χ4v) is 3.02. The summed E-state index contributed by atoms with van der Waals surface area (Å²) in [5, 5.41) is 2.86. The molecule has 1 amide bonds. The Morgan fingerprint density at radius 3 is 2.85 bits per heavy atom. The van der Waals surface area contributed by atoms with Crippen LogP contribution in [0.5, 0.6) is 5.75 Å². The number of hydrogen-bond donors (Lipinski definition) is 1. The zero-order valence-electron chi connectivity index (χ0n) is 14.7. The van der Waals surface area contributed by atoms with Crippen LogP contribution in [0.2, 0.25) is 0 Å². The van der Waals surface area contributed by atoms with Gasteiger partial charge in [-0.25, -0.2) is 9.37 Å². The molecule has 0 aliphatic carbocycles. The van der Waals surface area contributed by atoms with Gasteiger partial charge in [-0.1, -0.05) is 24.3 Å². The molecule has 0 aliphatic heterocycles. The number of halogens is 2. The summed E-state index contributed by atoms with van der Waals surface area (Å²) in [6, 6.07) is 12.1. The molecular weight excluding hydrogens is 413 g/mol. The topological polar surface area (TPSA) is 56.1 Å². The fraction of sp³-hybridized carbons (Fsp3) is 0.200. The van der Waals surface area contributed by atoms with E-state index < -0.39 is 6.10 Å². The van der Waals surface area contributed by atoms with Gasteiger partial charge in [0.2, 0.25) is 0 Å². The van der Waals surface area contributed by atoms with Gasteiger partial charge >= 0.3 is 0 Å². The number of carbonyl (C=O) groups excluding carboxylic acids is 1. The Labute approximate surface area is 165 Å². The van der Waals surface area contributed by atoms with Gasteiger partial charge in [-0.2, -0.15) is 0 Å². The highest BCUT2D eigenvalue weighted by Gasteiger charge is 2.16. The van der Waals surface area contributed by atoms with E-state index in [1.807, 2.05) is 35.0 Å². The van der Waals surface area contributed by atoms with Crippen LogP contribution in [-0.2, 0) is 17.9 Å². The van der Waals surface area contributed by atoms with Crippen LogP contribution in [0.4, 0.5) is 4.39 Å². The molecular formula is C20H19BrFN3O2. The van der Waals surface area contributed by atoms with Gasteiger partial charge in [0.15, 0.2) is 6.10 Å². The summed E-state index contributed by atoms with van der Waals surface area (Å²) in [6.07, 6.45) is 4.70. The van der Waals surface area contributed by atoms with Crippen molar-refractivity contribution >= 4 is 21.8 Å². The van der Waals surface area contributed by atoms with Crippen LogP contribution in [0.1, 0.15) is 18.1 Å². The van der Waals surface area contributed by atoms with Gasteiger partial charge in [0.05, 0.1) is 10.8 Å². The smallest absolute Gasteiger partial charge is 0.261 e. The van der Waals surface area contributed by atoms with E-state index in [1.54, 1.807) is 19.4 Å². The Hall–Kier alpha value is -2.67. The average molecular weight is 432 g/mol. The Morgan fingerprint density at radius 2 is 2.11 bits per heavy atom. The van der Waals surface area contributed by atoms with Crippen molar-refractivity contribution in [3.8, 4) is 5.75 Å². The van der Waals surface area contributed by atoms with Crippen molar-refractivity contribution < 1.29 is 13.9 Å². The molecule has 0 spiro atoms. The van der Waals surface area contributed by atoms with Crippen LogP contribution < -0.4 is 10.1 Å². The molecule has 5 nitrogen and oxygen atoms in total. The van der Waals surface area contributed by atoms with Gasteiger partial charge in [-0.15, -0.1) is 0 Å². The third-order valence-corrected chi connectivity index (χ3v) is 4.57. The van der Waals surface area contributed by atoms with E-state index in [0.717, 1.165) is 17.7 Å². The van der Waals surface area contributed by atoms with Crippen LogP contribution in [0, 0.1) is 5.82 Å². The second-order valence-corrected chi connectivity index (χ2v) is 6.96. The molecule has 1 aromatic heterocycles. The first-order chi connectivity index (χ1) is 13.0. The predicted molar refractivity (Wildman–Crippen MR) is 104 cm³/mol. The number of nitrogens with zero attached hydrogens (tertiary/aromatic N) is 2. The third kappa shape index (κ3) is 5.40. The minimum Gasteiger partial charge on any atom is -0.480 e. The molecule has 7 heteroatoms. The first-order valence-electron chi connectivity index (χ1n) is 8.44. The molecule has 0 saturated carbocycles. The van der Waals surface area contributed by atoms with Crippen molar-refractivity contribution in [1.82, 2.24) is 14.9 Å². The van der Waals surface area contributed by atoms with E-state index in [4.69, 9.17) is 4.74 Å². The summed E-state index contributed by atoms with van der Waals surface area (Å²) in [7, 11) is 0. The van der Waals surface area contributed by atoms with Crippen LogP contribution >= 0.6 is 15.9 Å². The van der Waals surface area contributed by atoms with Crippen molar-refractivity contribution in [1.29, 1.82) is 0 Å². The maximum absolute atomic E-state index is 13.1. The van der Waals surface area contributed by atoms with Crippen LogP contribution in [0.3, 0.4) is 0 Å². The normalized spacial score (nSPS) is 11.8. The van der Waals surface area contributed by atoms with Crippen molar-refractivity contribution in [3.63, 3.8) is 0 Å². The van der Waals surface area contributed by atoms with E-state index in [0.29, 0.717) is 16.8 Å². The molecule has 1 unspecified atom stereocenters. The zero-order chi connectivity index (χ0) is 19.2. The second-order valence-electron chi connectivity index (χ2n) is 6.11. The number of nitrogens with one attached hydrogen (secondary N) is 1. The van der Waals surface area contributed by atoms with Gasteiger partial charge in [0, 0.05) is 25.5 Å². The van der Waals surface area contributed by atoms with Crippen LogP contribution in [0.15, 0.2) is 65.7 Å². The molecule has 0 fully saturated rings. The molecule has 27 heavy (non-hydrogen) atoms. The standard InChI is InChI=1S/C20H19BrFN3O2/c1-14(27-19-6-5-17(22)10-18(19)21)20(26)24-11-15-3-2-4-16(9-15)12-25-8-7-23-13-25/h2-10,13-14H,11-12H2,1H3,(H,24,26). The van der Waals surface area contributed by atoms with Gasteiger partial charge in [0.25, 0.3) is 5.91 Å². The van der Waals surface area contributed by atoms with Gasteiger partial charge < -0.3 is 14.6 Å². The summed E-state index contributed by atoms with van der Waals surface area (Å²) in [5.41, 5.74) is 2.12. The van der Waals surface area contributed by atoms with E-state index in [1.165, 1.54) is 18.2 Å². The third-order valence-electron chi connectivity index (χ3n) is 3.95. The SMILES string of the molecule is CC(Oc1ccc(F)cc1Br)C(=O)NCc1cccc(Cn2ccnc2)c1. The van der Waals surface area contributed by atoms with Crippen molar-refractivity contribution in [3.05, 3.63) is 82.6 Å². The average Bonchev–Trinajstić information content (AvgIpc) is 3.15. The number of aromatic nitrogens is 2. The largest absolute Gasteiger partial charge is 0.480 e. The number of amides is 1. The highest BCUT2D eigenvalue weighted by Crippen LogP contribution is 2.26. The molecule has 0 bridgehead atoms. The molecule has 1 heterocycles. The Morgan fingerprint density at radius 1 is 1.30 bits per heavy atom. The number of imidazole rings is 1. The molecule has 3 rings (SSSR count). The lowest BCUT2D eigenvalue weighted by molar-refractivity contribution is -0.127. The maximum Gasteiger partial charge on any atom is 0.261 e. The van der Waals surface area contributed by atoms with E-state index in [2.05, 4.69) is 26.2 Å². The summed E-state index contributed by atoms with van der Waals surface area (Å²) in [4.78, 5) is 16.3. The molecule has 0 radical (unpaired) electrons. The van der Waals surface area contributed by atoms with Crippen LogP contribution in [-0.4, -0.2) is 21.6 Å². The molecule has 1 N–H and O–H groups in total. The van der Waals surface area contributed by atoms with E-state index in [-0.39, 0.29) is 11.7 Å². The second kappa shape index (κ2) is 8.81. The lowest BCUT2D eigenvalue weighted by Gasteiger charge is -2.16. The van der Waals surface area contributed by atoms with Gasteiger partial charge in [-0.3, -0.25) is 4.79 Å². The molecule has 3 aromatic rings. The number of carbonyl (C=O) groups is 1. The quantitative estimate of drug-likeness (QED) is 0.616. The van der Waals surface area contributed by atoms with Gasteiger partial charge in [-0.05, 0) is 52.2 Å². The summed E-state index contributed by atoms with van der Waals surface area (Å²) in [6.45, 7) is 2.77. The van der Waals surface area contributed by atoms with Crippen molar-refractivity contribution in [2.24, 2.45) is 0 Å². The highest BCUT2D eigenvalue weighted by molar-refractivity contribution is 9.10. The lowest BCUT2D eigenvalue weighted by Crippen LogP contribution is -2.36. The number of benzene rings is 2. The molecule has 2 aromatic carbocycles. The molecule has 0 saturated heterocycles. The Balaban J connectivity index is 1.55. The highest BCUT2D eigenvalue weighted by atomic mass is 79.9. The number of hydrogen-bond acceptors (Lipinski definition) is 3. The number of rotatable bonds is 7. The number of ether oxygens (including phenoxy) is 1. The zero-order valence-corrected chi connectivity index (χ0v) is 16.3. The summed E-state index contributed by atoms with van der Waals surface area (Å²) < 4.78 is 21.2. The monoisotopic (exact) mass is 431 g/mol. The lowest BCUT2D eigenvalue weighted by atomic mass is 10.1. The summed E-state index contributed by atoms with van der Waals surface area (Å²) in [5.74, 6) is -0.200. The van der Waals surface area contributed by atoms with Gasteiger partial charge in [0.1, 0.15) is 11.6 Å². The Kier molecular flexibility index (Phi) is 6.24. The predicted octanol–water partition coefficient (Wildman–Crippen LogP) is 3.92. The molecule has 0 aliphatic rings. The fourth-order valence-electron chi connectivity index (χ4n) is 2.58.